The van der Waals surface area contributed by atoms with Gasteiger partial charge in [-0.1, -0.05) is 53.4 Å². The molecule has 6 nitrogen and oxygen atoms in total. The van der Waals surface area contributed by atoms with Gasteiger partial charge < -0.3 is 0 Å². The number of thioether (sulfide) groups is 1. The molecule has 0 atom stereocenters. The lowest BCUT2D eigenvalue weighted by atomic mass is 10.2. The number of amides is 1. The molecule has 0 aliphatic carbocycles. The molecule has 0 fully saturated rings. The Morgan fingerprint density at radius 3 is 2.77 bits per heavy atom. The fourth-order valence-corrected chi connectivity index (χ4v) is 4.78. The second-order valence-electron chi connectivity index (χ2n) is 5.34. The Labute approximate surface area is 161 Å². The van der Waals surface area contributed by atoms with Crippen molar-refractivity contribution in [1.29, 1.82) is 0 Å². The van der Waals surface area contributed by atoms with Crippen LogP contribution in [0, 0.1) is 6.92 Å². The van der Waals surface area contributed by atoms with E-state index in [1.807, 2.05) is 25.1 Å². The SMILES string of the molecule is Cc1nnc(NC(=O)CSc2ncnc3sc(-c4ccccc4)cc23)s1. The molecular formula is C17H13N5OS3. The number of carbonyl (C=O) groups is 1. The van der Waals surface area contributed by atoms with Crippen LogP contribution in [0.4, 0.5) is 5.13 Å². The largest absolute Gasteiger partial charge is 0.300 e. The quantitative estimate of drug-likeness (QED) is 0.399. The summed E-state index contributed by atoms with van der Waals surface area (Å²) in [4.78, 5) is 22.9. The molecule has 0 saturated carbocycles. The third-order valence-electron chi connectivity index (χ3n) is 3.46. The zero-order valence-corrected chi connectivity index (χ0v) is 16.1. The molecule has 0 bridgehead atoms. The Morgan fingerprint density at radius 2 is 2.00 bits per heavy atom. The highest BCUT2D eigenvalue weighted by Gasteiger charge is 2.13. The molecule has 130 valence electrons. The Morgan fingerprint density at radius 1 is 1.15 bits per heavy atom. The minimum atomic E-state index is -0.128. The minimum Gasteiger partial charge on any atom is -0.300 e. The summed E-state index contributed by atoms with van der Waals surface area (Å²) < 4.78 is 0. The Kier molecular flexibility index (Phi) is 4.91. The predicted octanol–water partition coefficient (Wildman–Crippen LogP) is 4.25. The van der Waals surface area contributed by atoms with Crippen LogP contribution >= 0.6 is 34.4 Å². The molecule has 1 aromatic carbocycles. The standard InChI is InChI=1S/C17H13N5OS3/c1-10-21-22-17(25-10)20-14(23)8-24-15-12-7-13(11-5-3-2-4-6-11)26-16(12)19-9-18-15/h2-7,9H,8H2,1H3,(H,20,22,23). The van der Waals surface area contributed by atoms with E-state index in [1.54, 1.807) is 17.7 Å². The molecule has 0 radical (unpaired) electrons. The number of anilines is 1. The molecule has 4 rings (SSSR count). The lowest BCUT2D eigenvalue weighted by Gasteiger charge is -2.02. The molecule has 3 aromatic heterocycles. The molecule has 0 saturated heterocycles. The normalized spacial score (nSPS) is 11.0. The van der Waals surface area contributed by atoms with Gasteiger partial charge in [0, 0.05) is 10.3 Å². The molecule has 0 spiro atoms. The summed E-state index contributed by atoms with van der Waals surface area (Å²) in [7, 11) is 0. The summed E-state index contributed by atoms with van der Waals surface area (Å²) in [6, 6.07) is 12.3. The molecule has 1 N–H and O–H groups in total. The van der Waals surface area contributed by atoms with Gasteiger partial charge in [0.05, 0.1) is 5.75 Å². The van der Waals surface area contributed by atoms with E-state index in [0.717, 1.165) is 30.7 Å². The van der Waals surface area contributed by atoms with Crippen molar-refractivity contribution in [2.75, 3.05) is 11.1 Å². The smallest absolute Gasteiger partial charge is 0.236 e. The molecule has 3 heterocycles. The van der Waals surface area contributed by atoms with Crippen LogP contribution < -0.4 is 5.32 Å². The number of benzene rings is 1. The summed E-state index contributed by atoms with van der Waals surface area (Å²) in [6.45, 7) is 1.85. The molecule has 0 aliphatic heterocycles. The van der Waals surface area contributed by atoms with E-state index in [2.05, 4.69) is 43.7 Å². The number of carbonyl (C=O) groups excluding carboxylic acids is 1. The van der Waals surface area contributed by atoms with Crippen LogP contribution in [0.3, 0.4) is 0 Å². The van der Waals surface area contributed by atoms with E-state index in [9.17, 15) is 4.79 Å². The topological polar surface area (TPSA) is 80.7 Å². The van der Waals surface area contributed by atoms with E-state index in [0.29, 0.717) is 5.13 Å². The minimum absolute atomic E-state index is 0.128. The molecular weight excluding hydrogens is 386 g/mol. The monoisotopic (exact) mass is 399 g/mol. The second-order valence-corrected chi connectivity index (χ2v) is 8.51. The van der Waals surface area contributed by atoms with Crippen molar-refractivity contribution < 1.29 is 4.79 Å². The predicted molar refractivity (Wildman–Crippen MR) is 107 cm³/mol. The average molecular weight is 400 g/mol. The first-order valence-corrected chi connectivity index (χ1v) is 10.3. The van der Waals surface area contributed by atoms with E-state index in [4.69, 9.17) is 0 Å². The highest BCUT2D eigenvalue weighted by molar-refractivity contribution is 8.00. The first-order valence-electron chi connectivity index (χ1n) is 7.72. The fraction of sp³-hybridized carbons (Fsp3) is 0.118. The molecule has 0 unspecified atom stereocenters. The van der Waals surface area contributed by atoms with Crippen LogP contribution in [0.15, 0.2) is 47.8 Å². The molecule has 9 heteroatoms. The highest BCUT2D eigenvalue weighted by Crippen LogP contribution is 2.36. The number of nitrogens with zero attached hydrogens (tertiary/aromatic N) is 4. The zero-order chi connectivity index (χ0) is 17.9. The zero-order valence-electron chi connectivity index (χ0n) is 13.7. The van der Waals surface area contributed by atoms with Gasteiger partial charge in [-0.25, -0.2) is 9.97 Å². The van der Waals surface area contributed by atoms with E-state index in [1.165, 1.54) is 23.1 Å². The maximum Gasteiger partial charge on any atom is 0.236 e. The summed E-state index contributed by atoms with van der Waals surface area (Å²) >= 11 is 4.37. The van der Waals surface area contributed by atoms with Crippen LogP contribution in [0.5, 0.6) is 0 Å². The van der Waals surface area contributed by atoms with Crippen LogP contribution in [0.2, 0.25) is 0 Å². The van der Waals surface area contributed by atoms with Gasteiger partial charge in [0.2, 0.25) is 11.0 Å². The third-order valence-corrected chi connectivity index (χ3v) is 6.32. The van der Waals surface area contributed by atoms with Crippen LogP contribution in [0.1, 0.15) is 5.01 Å². The first kappa shape index (κ1) is 17.1. The van der Waals surface area contributed by atoms with E-state index < -0.39 is 0 Å². The van der Waals surface area contributed by atoms with Gasteiger partial charge in [-0.15, -0.1) is 21.5 Å². The number of hydrogen-bond acceptors (Lipinski definition) is 8. The fourth-order valence-electron chi connectivity index (χ4n) is 2.33. The number of thiophene rings is 1. The van der Waals surface area contributed by atoms with Crippen molar-refractivity contribution in [3.8, 4) is 10.4 Å². The first-order chi connectivity index (χ1) is 12.7. The number of aromatic nitrogens is 4. The van der Waals surface area contributed by atoms with Crippen LogP contribution in [0.25, 0.3) is 20.7 Å². The Bertz CT molecular complexity index is 1060. The van der Waals surface area contributed by atoms with Crippen molar-refractivity contribution in [1.82, 2.24) is 20.2 Å². The van der Waals surface area contributed by atoms with Gasteiger partial charge in [-0.3, -0.25) is 10.1 Å². The van der Waals surface area contributed by atoms with Gasteiger partial charge in [0.1, 0.15) is 21.2 Å². The Balaban J connectivity index is 1.51. The van der Waals surface area contributed by atoms with Crippen LogP contribution in [-0.2, 0) is 4.79 Å². The van der Waals surface area contributed by atoms with Gasteiger partial charge in [0.25, 0.3) is 0 Å². The van der Waals surface area contributed by atoms with E-state index >= 15 is 0 Å². The molecule has 1 amide bonds. The maximum atomic E-state index is 12.1. The summed E-state index contributed by atoms with van der Waals surface area (Å²) in [5.74, 6) is 0.123. The van der Waals surface area contributed by atoms with Gasteiger partial charge in [0.15, 0.2) is 0 Å². The summed E-state index contributed by atoms with van der Waals surface area (Å²) in [5.41, 5.74) is 1.15. The molecule has 26 heavy (non-hydrogen) atoms. The average Bonchev–Trinajstić information content (AvgIpc) is 3.27. The second kappa shape index (κ2) is 7.48. The number of hydrogen-bond donors (Lipinski definition) is 1. The van der Waals surface area contributed by atoms with Crippen molar-refractivity contribution in [3.05, 3.63) is 47.7 Å². The van der Waals surface area contributed by atoms with Crippen LogP contribution in [-0.4, -0.2) is 31.8 Å². The Hall–Kier alpha value is -2.36. The molecule has 0 aliphatic rings. The highest BCUT2D eigenvalue weighted by atomic mass is 32.2. The number of rotatable bonds is 5. The van der Waals surface area contributed by atoms with Gasteiger partial charge in [-0.05, 0) is 18.6 Å². The number of aryl methyl sites for hydroxylation is 1. The van der Waals surface area contributed by atoms with Crippen molar-refractivity contribution >= 4 is 55.7 Å². The van der Waals surface area contributed by atoms with Gasteiger partial charge in [-0.2, -0.15) is 0 Å². The lowest BCUT2D eigenvalue weighted by molar-refractivity contribution is -0.113. The summed E-state index contributed by atoms with van der Waals surface area (Å²) in [6.07, 6.45) is 1.54. The van der Waals surface area contributed by atoms with Crippen molar-refractivity contribution in [3.63, 3.8) is 0 Å². The number of fused-ring (bicyclic) bond motifs is 1. The van der Waals surface area contributed by atoms with Gasteiger partial charge >= 0.3 is 0 Å². The number of nitrogens with one attached hydrogen (secondary N) is 1. The van der Waals surface area contributed by atoms with Crippen molar-refractivity contribution in [2.45, 2.75) is 11.9 Å². The van der Waals surface area contributed by atoms with Crippen molar-refractivity contribution in [2.24, 2.45) is 0 Å². The lowest BCUT2D eigenvalue weighted by Crippen LogP contribution is -2.13. The maximum absolute atomic E-state index is 12.1. The van der Waals surface area contributed by atoms with E-state index in [-0.39, 0.29) is 11.7 Å². The molecule has 4 aromatic rings. The summed E-state index contributed by atoms with van der Waals surface area (Å²) in [5, 5.41) is 13.7. The third kappa shape index (κ3) is 3.74.